The fraction of sp³-hybridized carbons (Fsp3) is 0.500. The largest absolute Gasteiger partial charge is 0.397 e. The maximum Gasteiger partial charge on any atom is 0.397 e. The van der Waals surface area contributed by atoms with E-state index in [4.69, 9.17) is 0 Å². The first kappa shape index (κ1) is 9.95. The molecule has 1 aliphatic carbocycles. The first-order valence-corrected chi connectivity index (χ1v) is 3.71. The highest BCUT2D eigenvalue weighted by molar-refractivity contribution is 5.26. The number of allylic oxidation sites excluding steroid dienone is 2. The van der Waals surface area contributed by atoms with Gasteiger partial charge in [0.15, 0.2) is 0 Å². The quantitative estimate of drug-likeness (QED) is 0.586. The molecule has 0 aromatic rings. The number of hydrogen-bond donors (Lipinski definition) is 0. The number of halogens is 3. The first-order chi connectivity index (χ1) is 5.95. The van der Waals surface area contributed by atoms with Crippen molar-refractivity contribution < 1.29 is 13.2 Å². The molecule has 0 amide bonds. The van der Waals surface area contributed by atoms with Crippen molar-refractivity contribution in [3.8, 4) is 0 Å². The maximum atomic E-state index is 12.3. The molecule has 1 rings (SSSR count). The van der Waals surface area contributed by atoms with Crippen LogP contribution in [0.15, 0.2) is 29.0 Å². The standard InChI is InChI=1S/C8H8F3NO/c1-5-2-3-7(12-13)6(4-5)8(9,10)11/h2-4,6-7H,1H3/t6?,7-/m0/s1. The predicted octanol–water partition coefficient (Wildman–Crippen LogP) is 2.82. The minimum Gasteiger partial charge on any atom is -0.170 e. The Morgan fingerprint density at radius 2 is 2.08 bits per heavy atom. The van der Waals surface area contributed by atoms with Crippen LogP contribution < -0.4 is 0 Å². The molecule has 13 heavy (non-hydrogen) atoms. The molecule has 0 aromatic heterocycles. The molecule has 72 valence electrons. The Labute approximate surface area is 73.1 Å². The van der Waals surface area contributed by atoms with Gasteiger partial charge in [0.1, 0.15) is 12.0 Å². The molecule has 1 aliphatic rings. The SMILES string of the molecule is CC1=CC(C(F)(F)F)[C@@H](N=O)C=C1. The van der Waals surface area contributed by atoms with Gasteiger partial charge >= 0.3 is 6.18 Å². The van der Waals surface area contributed by atoms with Crippen LogP contribution in [0.4, 0.5) is 13.2 Å². The Kier molecular flexibility index (Phi) is 2.54. The van der Waals surface area contributed by atoms with E-state index in [9.17, 15) is 18.1 Å². The normalized spacial score (nSPS) is 28.5. The number of hydrogen-bond acceptors (Lipinski definition) is 2. The van der Waals surface area contributed by atoms with Crippen LogP contribution in [0.2, 0.25) is 0 Å². The van der Waals surface area contributed by atoms with Crippen LogP contribution in [0.5, 0.6) is 0 Å². The van der Waals surface area contributed by atoms with Crippen LogP contribution in [0, 0.1) is 10.8 Å². The van der Waals surface area contributed by atoms with Crippen LogP contribution in [-0.2, 0) is 0 Å². The molecule has 0 heterocycles. The van der Waals surface area contributed by atoms with E-state index in [1.54, 1.807) is 6.92 Å². The van der Waals surface area contributed by atoms with Crippen LogP contribution in [0.25, 0.3) is 0 Å². The second kappa shape index (κ2) is 3.32. The lowest BCUT2D eigenvalue weighted by molar-refractivity contribution is -0.163. The summed E-state index contributed by atoms with van der Waals surface area (Å²) in [6.07, 6.45) is -0.731. The molecule has 2 atom stereocenters. The number of nitrogens with zero attached hydrogens (tertiary/aromatic N) is 1. The maximum absolute atomic E-state index is 12.3. The summed E-state index contributed by atoms with van der Waals surface area (Å²) < 4.78 is 36.8. The van der Waals surface area contributed by atoms with Crippen molar-refractivity contribution in [3.05, 3.63) is 28.7 Å². The Morgan fingerprint density at radius 3 is 2.54 bits per heavy atom. The van der Waals surface area contributed by atoms with Crippen LogP contribution in [0.1, 0.15) is 6.92 Å². The summed E-state index contributed by atoms with van der Waals surface area (Å²) in [5.41, 5.74) is 0.502. The molecule has 0 N–H and O–H groups in total. The molecule has 0 aromatic carbocycles. The molecule has 0 aliphatic heterocycles. The van der Waals surface area contributed by atoms with Crippen LogP contribution >= 0.6 is 0 Å². The molecule has 0 spiro atoms. The Hall–Kier alpha value is -1.13. The summed E-state index contributed by atoms with van der Waals surface area (Å²) in [5, 5.41) is 2.43. The predicted molar refractivity (Wildman–Crippen MR) is 42.0 cm³/mol. The van der Waals surface area contributed by atoms with Gasteiger partial charge in [-0.25, -0.2) is 0 Å². The zero-order valence-corrected chi connectivity index (χ0v) is 6.88. The second-order valence-corrected chi connectivity index (χ2v) is 2.93. The molecule has 0 radical (unpaired) electrons. The molecule has 0 saturated carbocycles. The molecule has 1 unspecified atom stereocenters. The van der Waals surface area contributed by atoms with Gasteiger partial charge in [0.25, 0.3) is 0 Å². The van der Waals surface area contributed by atoms with Gasteiger partial charge in [0.2, 0.25) is 0 Å². The van der Waals surface area contributed by atoms with Gasteiger partial charge in [0.05, 0.1) is 0 Å². The molecule has 0 fully saturated rings. The van der Waals surface area contributed by atoms with Gasteiger partial charge in [-0.05, 0) is 6.92 Å². The van der Waals surface area contributed by atoms with E-state index >= 15 is 0 Å². The topological polar surface area (TPSA) is 29.4 Å². The Morgan fingerprint density at radius 1 is 1.46 bits per heavy atom. The molecular weight excluding hydrogens is 183 g/mol. The van der Waals surface area contributed by atoms with Gasteiger partial charge in [-0.2, -0.15) is 18.1 Å². The number of rotatable bonds is 1. The lowest BCUT2D eigenvalue weighted by atomic mass is 9.92. The monoisotopic (exact) mass is 191 g/mol. The third-order valence-corrected chi connectivity index (χ3v) is 1.87. The molecular formula is C8H8F3NO. The zero-order valence-electron chi connectivity index (χ0n) is 6.88. The average molecular weight is 191 g/mol. The van der Waals surface area contributed by atoms with E-state index in [1.165, 1.54) is 12.2 Å². The van der Waals surface area contributed by atoms with Gasteiger partial charge in [-0.1, -0.05) is 29.0 Å². The van der Waals surface area contributed by atoms with Crippen molar-refractivity contribution in [2.75, 3.05) is 0 Å². The summed E-state index contributed by atoms with van der Waals surface area (Å²) in [6, 6.07) is -1.32. The summed E-state index contributed by atoms with van der Waals surface area (Å²) in [5.74, 6) is -1.77. The van der Waals surface area contributed by atoms with Crippen molar-refractivity contribution in [2.24, 2.45) is 11.1 Å². The van der Waals surface area contributed by atoms with Crippen molar-refractivity contribution in [3.63, 3.8) is 0 Å². The summed E-state index contributed by atoms with van der Waals surface area (Å²) in [7, 11) is 0. The molecule has 2 nitrogen and oxygen atoms in total. The van der Waals surface area contributed by atoms with Gasteiger partial charge in [-0.3, -0.25) is 0 Å². The first-order valence-electron chi connectivity index (χ1n) is 3.71. The summed E-state index contributed by atoms with van der Waals surface area (Å²) in [4.78, 5) is 10.1. The van der Waals surface area contributed by atoms with Crippen molar-refractivity contribution >= 4 is 0 Å². The molecule has 0 bridgehead atoms. The average Bonchev–Trinajstić information content (AvgIpc) is 2.03. The fourth-order valence-corrected chi connectivity index (χ4v) is 1.20. The van der Waals surface area contributed by atoms with E-state index < -0.39 is 18.1 Å². The Bertz CT molecular complexity index is 267. The van der Waals surface area contributed by atoms with Gasteiger partial charge < -0.3 is 0 Å². The second-order valence-electron chi connectivity index (χ2n) is 2.93. The van der Waals surface area contributed by atoms with Crippen LogP contribution in [0.3, 0.4) is 0 Å². The number of nitroso groups, excluding NO2 is 1. The molecule has 5 heteroatoms. The third kappa shape index (κ3) is 2.17. The van der Waals surface area contributed by atoms with E-state index in [1.807, 2.05) is 0 Å². The highest BCUT2D eigenvalue weighted by Crippen LogP contribution is 2.34. The van der Waals surface area contributed by atoms with Crippen molar-refractivity contribution in [1.29, 1.82) is 0 Å². The van der Waals surface area contributed by atoms with E-state index in [2.05, 4.69) is 5.18 Å². The highest BCUT2D eigenvalue weighted by Gasteiger charge is 2.44. The van der Waals surface area contributed by atoms with E-state index in [-0.39, 0.29) is 0 Å². The lowest BCUT2D eigenvalue weighted by Crippen LogP contribution is -2.31. The highest BCUT2D eigenvalue weighted by atomic mass is 19.4. The van der Waals surface area contributed by atoms with Crippen molar-refractivity contribution in [1.82, 2.24) is 0 Å². The van der Waals surface area contributed by atoms with Gasteiger partial charge in [0, 0.05) is 0 Å². The number of alkyl halides is 3. The summed E-state index contributed by atoms with van der Waals surface area (Å²) >= 11 is 0. The third-order valence-electron chi connectivity index (χ3n) is 1.87. The van der Waals surface area contributed by atoms with Gasteiger partial charge in [-0.15, -0.1) is 0 Å². The Balaban J connectivity index is 2.93. The fourth-order valence-electron chi connectivity index (χ4n) is 1.20. The molecule has 0 saturated heterocycles. The van der Waals surface area contributed by atoms with Crippen molar-refractivity contribution in [2.45, 2.75) is 19.1 Å². The van der Waals surface area contributed by atoms with E-state index in [0.29, 0.717) is 5.57 Å². The lowest BCUT2D eigenvalue weighted by Gasteiger charge is -2.22. The zero-order chi connectivity index (χ0) is 10.1. The van der Waals surface area contributed by atoms with E-state index in [0.717, 1.165) is 6.08 Å². The summed E-state index contributed by atoms with van der Waals surface area (Å²) in [6.45, 7) is 1.55. The smallest absolute Gasteiger partial charge is 0.170 e. The minimum absolute atomic E-state index is 0.502. The minimum atomic E-state index is -4.40. The van der Waals surface area contributed by atoms with Crippen LogP contribution in [-0.4, -0.2) is 12.2 Å².